The lowest BCUT2D eigenvalue weighted by molar-refractivity contribution is 0.0301. The lowest BCUT2D eigenvalue weighted by Gasteiger charge is -2.19. The van der Waals surface area contributed by atoms with Crippen LogP contribution in [0.4, 0.5) is 0 Å². The number of ether oxygens (including phenoxy) is 1. The summed E-state index contributed by atoms with van der Waals surface area (Å²) in [6.45, 7) is 7.53. The molecule has 0 saturated carbocycles. The van der Waals surface area contributed by atoms with Crippen molar-refractivity contribution in [2.45, 2.75) is 25.9 Å². The molecule has 64 valence electrons. The standard InChI is InChI=1S/C8H15NOS/c1-7(11)9-6-5-8(2,3)10-4/h6,11H,1,5H2,2-4H3. The molecule has 0 aromatic carbocycles. The van der Waals surface area contributed by atoms with E-state index in [2.05, 4.69) is 24.2 Å². The van der Waals surface area contributed by atoms with Crippen LogP contribution in [-0.2, 0) is 4.74 Å². The van der Waals surface area contributed by atoms with E-state index in [0.29, 0.717) is 5.03 Å². The predicted molar refractivity (Wildman–Crippen MR) is 52.3 cm³/mol. The van der Waals surface area contributed by atoms with Crippen LogP contribution >= 0.6 is 12.6 Å². The maximum Gasteiger partial charge on any atom is 0.0853 e. The van der Waals surface area contributed by atoms with Crippen LogP contribution in [0.25, 0.3) is 0 Å². The van der Waals surface area contributed by atoms with Crippen LogP contribution in [0.2, 0.25) is 0 Å². The zero-order valence-electron chi connectivity index (χ0n) is 7.29. The first-order valence-corrected chi connectivity index (χ1v) is 3.88. The molecule has 0 bridgehead atoms. The first-order chi connectivity index (χ1) is 4.98. The molecule has 0 aliphatic carbocycles. The van der Waals surface area contributed by atoms with Crippen LogP contribution in [-0.4, -0.2) is 18.9 Å². The van der Waals surface area contributed by atoms with Gasteiger partial charge in [-0.15, -0.1) is 12.6 Å². The molecule has 0 aromatic heterocycles. The van der Waals surface area contributed by atoms with Gasteiger partial charge in [-0.05, 0) is 13.8 Å². The van der Waals surface area contributed by atoms with Crippen LogP contribution in [0, 0.1) is 0 Å². The fourth-order valence-corrected chi connectivity index (χ4v) is 0.536. The molecular formula is C8H15NOS. The number of rotatable bonds is 4. The zero-order chi connectivity index (χ0) is 8.91. The molecule has 0 radical (unpaired) electrons. The molecule has 0 saturated heterocycles. The van der Waals surface area contributed by atoms with Crippen molar-refractivity contribution in [3.63, 3.8) is 0 Å². The molecule has 0 aliphatic rings. The Hall–Kier alpha value is -0.280. The number of aliphatic imine (C=N–C) groups is 1. The van der Waals surface area contributed by atoms with Gasteiger partial charge in [-0.3, -0.25) is 4.99 Å². The summed E-state index contributed by atoms with van der Waals surface area (Å²) in [7, 11) is 1.68. The second-order valence-electron chi connectivity index (χ2n) is 2.90. The Labute approximate surface area is 73.8 Å². The van der Waals surface area contributed by atoms with E-state index in [9.17, 15) is 0 Å². The summed E-state index contributed by atoms with van der Waals surface area (Å²) < 4.78 is 5.17. The molecule has 0 rings (SSSR count). The summed E-state index contributed by atoms with van der Waals surface area (Å²) in [4.78, 5) is 3.92. The quantitative estimate of drug-likeness (QED) is 0.511. The highest BCUT2D eigenvalue weighted by Gasteiger charge is 2.13. The van der Waals surface area contributed by atoms with E-state index in [1.54, 1.807) is 13.3 Å². The van der Waals surface area contributed by atoms with Gasteiger partial charge in [0.1, 0.15) is 0 Å². The Morgan fingerprint density at radius 1 is 1.73 bits per heavy atom. The molecule has 0 aliphatic heterocycles. The zero-order valence-corrected chi connectivity index (χ0v) is 8.19. The molecule has 0 N–H and O–H groups in total. The van der Waals surface area contributed by atoms with Crippen LogP contribution in [0.15, 0.2) is 16.6 Å². The normalized spacial score (nSPS) is 12.4. The second kappa shape index (κ2) is 4.57. The van der Waals surface area contributed by atoms with Gasteiger partial charge < -0.3 is 4.74 Å². The van der Waals surface area contributed by atoms with Crippen LogP contribution in [0.3, 0.4) is 0 Å². The van der Waals surface area contributed by atoms with Crippen molar-refractivity contribution in [2.24, 2.45) is 4.99 Å². The molecule has 0 fully saturated rings. The van der Waals surface area contributed by atoms with E-state index < -0.39 is 0 Å². The topological polar surface area (TPSA) is 21.6 Å². The third kappa shape index (κ3) is 6.13. The lowest BCUT2D eigenvalue weighted by atomic mass is 10.1. The third-order valence-electron chi connectivity index (χ3n) is 1.38. The SMILES string of the molecule is C=C(S)N=CCC(C)(C)OC. The molecule has 0 unspecified atom stereocenters. The Bertz CT molecular complexity index is 163. The van der Waals surface area contributed by atoms with E-state index in [-0.39, 0.29) is 5.60 Å². The van der Waals surface area contributed by atoms with Crippen LogP contribution in [0.1, 0.15) is 20.3 Å². The van der Waals surface area contributed by atoms with E-state index >= 15 is 0 Å². The maximum atomic E-state index is 5.17. The number of hydrogen-bond donors (Lipinski definition) is 1. The fraction of sp³-hybridized carbons (Fsp3) is 0.625. The molecular weight excluding hydrogens is 158 g/mol. The highest BCUT2D eigenvalue weighted by atomic mass is 32.1. The lowest BCUT2D eigenvalue weighted by Crippen LogP contribution is -2.22. The van der Waals surface area contributed by atoms with Crippen LogP contribution < -0.4 is 0 Å². The number of nitrogens with zero attached hydrogens (tertiary/aromatic N) is 1. The molecule has 0 heterocycles. The van der Waals surface area contributed by atoms with Crippen molar-refractivity contribution >= 4 is 18.8 Å². The summed E-state index contributed by atoms with van der Waals surface area (Å²) in [6.07, 6.45) is 2.53. The largest absolute Gasteiger partial charge is 0.378 e. The van der Waals surface area contributed by atoms with Crippen molar-refractivity contribution < 1.29 is 4.74 Å². The van der Waals surface area contributed by atoms with Crippen molar-refractivity contribution in [1.29, 1.82) is 0 Å². The number of hydrogen-bond acceptors (Lipinski definition) is 3. The summed E-state index contributed by atoms with van der Waals surface area (Å²) in [5.74, 6) is 0. The Kier molecular flexibility index (Phi) is 4.45. The fourth-order valence-electron chi connectivity index (χ4n) is 0.454. The van der Waals surface area contributed by atoms with Gasteiger partial charge in [0.15, 0.2) is 0 Å². The molecule has 0 aromatic rings. The summed E-state index contributed by atoms with van der Waals surface area (Å²) in [5.41, 5.74) is -0.146. The van der Waals surface area contributed by atoms with Crippen molar-refractivity contribution in [1.82, 2.24) is 0 Å². The average Bonchev–Trinajstić information content (AvgIpc) is 1.87. The second-order valence-corrected chi connectivity index (χ2v) is 3.41. The minimum atomic E-state index is -0.146. The van der Waals surface area contributed by atoms with E-state index in [0.717, 1.165) is 6.42 Å². The summed E-state index contributed by atoms with van der Waals surface area (Å²) >= 11 is 3.92. The highest BCUT2D eigenvalue weighted by molar-refractivity contribution is 7.84. The van der Waals surface area contributed by atoms with Crippen molar-refractivity contribution in [2.75, 3.05) is 7.11 Å². The van der Waals surface area contributed by atoms with Gasteiger partial charge in [0.25, 0.3) is 0 Å². The monoisotopic (exact) mass is 173 g/mol. The van der Waals surface area contributed by atoms with Gasteiger partial charge >= 0.3 is 0 Å². The van der Waals surface area contributed by atoms with Gasteiger partial charge in [-0.1, -0.05) is 6.58 Å². The van der Waals surface area contributed by atoms with Gasteiger partial charge in [-0.2, -0.15) is 0 Å². The first kappa shape index (κ1) is 10.7. The van der Waals surface area contributed by atoms with Gasteiger partial charge in [0, 0.05) is 19.7 Å². The Balaban J connectivity index is 3.78. The average molecular weight is 173 g/mol. The van der Waals surface area contributed by atoms with Crippen LogP contribution in [0.5, 0.6) is 0 Å². The smallest absolute Gasteiger partial charge is 0.0853 e. The van der Waals surface area contributed by atoms with Crippen molar-refractivity contribution in [3.8, 4) is 0 Å². The molecule has 0 spiro atoms. The number of methoxy groups -OCH3 is 1. The van der Waals surface area contributed by atoms with Gasteiger partial charge in [0.2, 0.25) is 0 Å². The molecule has 3 heteroatoms. The summed E-state index contributed by atoms with van der Waals surface area (Å²) in [6, 6.07) is 0. The van der Waals surface area contributed by atoms with E-state index in [1.807, 2.05) is 13.8 Å². The van der Waals surface area contributed by atoms with Gasteiger partial charge in [0.05, 0.1) is 10.6 Å². The van der Waals surface area contributed by atoms with Crippen molar-refractivity contribution in [3.05, 3.63) is 11.6 Å². The molecule has 11 heavy (non-hydrogen) atoms. The minimum Gasteiger partial charge on any atom is -0.378 e. The molecule has 0 amide bonds. The Morgan fingerprint density at radius 2 is 2.27 bits per heavy atom. The molecule has 0 atom stereocenters. The number of thiol groups is 1. The van der Waals surface area contributed by atoms with Gasteiger partial charge in [-0.25, -0.2) is 0 Å². The van der Waals surface area contributed by atoms with E-state index in [1.165, 1.54) is 0 Å². The predicted octanol–water partition coefficient (Wildman–Crippen LogP) is 2.27. The Morgan fingerprint density at radius 3 is 2.64 bits per heavy atom. The molecule has 2 nitrogen and oxygen atoms in total. The third-order valence-corrected chi connectivity index (χ3v) is 1.49. The maximum absolute atomic E-state index is 5.17. The first-order valence-electron chi connectivity index (χ1n) is 3.43. The summed E-state index contributed by atoms with van der Waals surface area (Å²) in [5, 5.41) is 0.525. The highest BCUT2D eigenvalue weighted by Crippen LogP contribution is 2.11. The minimum absolute atomic E-state index is 0.146. The van der Waals surface area contributed by atoms with E-state index in [4.69, 9.17) is 4.74 Å².